The van der Waals surface area contributed by atoms with Crippen molar-refractivity contribution in [1.82, 2.24) is 14.9 Å². The summed E-state index contributed by atoms with van der Waals surface area (Å²) in [6.45, 7) is 3.48. The molecule has 1 aliphatic rings. The van der Waals surface area contributed by atoms with Gasteiger partial charge in [0, 0.05) is 42.1 Å². The lowest BCUT2D eigenvalue weighted by atomic mass is 10.1. The first kappa shape index (κ1) is 22.6. The molecule has 2 aromatic heterocycles. The van der Waals surface area contributed by atoms with E-state index in [4.69, 9.17) is 9.47 Å². The number of ether oxygens (including phenoxy) is 2. The summed E-state index contributed by atoms with van der Waals surface area (Å²) in [7, 11) is 3.20. The van der Waals surface area contributed by atoms with Gasteiger partial charge in [0.2, 0.25) is 0 Å². The summed E-state index contributed by atoms with van der Waals surface area (Å²) in [6.07, 6.45) is 4.87. The largest absolute Gasteiger partial charge is 0.493 e. The Balaban J connectivity index is 0.00000272. The number of halogens is 1. The molecule has 3 aromatic rings. The van der Waals surface area contributed by atoms with Crippen molar-refractivity contribution in [2.24, 2.45) is 0 Å². The maximum absolute atomic E-state index is 13.3. The molecule has 7 nitrogen and oxygen atoms in total. The van der Waals surface area contributed by atoms with Crippen LogP contribution in [-0.4, -0.2) is 48.1 Å². The maximum Gasteiger partial charge on any atom is 0.257 e. The fourth-order valence-electron chi connectivity index (χ4n) is 3.79. The van der Waals surface area contributed by atoms with Crippen LogP contribution < -0.4 is 14.8 Å². The quantitative estimate of drug-likeness (QED) is 0.614. The summed E-state index contributed by atoms with van der Waals surface area (Å²) in [4.78, 5) is 24.2. The molecule has 0 spiro atoms. The van der Waals surface area contributed by atoms with Crippen LogP contribution in [0.1, 0.15) is 35.3 Å². The lowest BCUT2D eigenvalue weighted by Crippen LogP contribution is -2.36. The first-order valence-corrected chi connectivity index (χ1v) is 10.2. The highest BCUT2D eigenvalue weighted by molar-refractivity contribution is 6.07. The van der Waals surface area contributed by atoms with Gasteiger partial charge in [-0.2, -0.15) is 0 Å². The molecule has 1 amide bonds. The molecule has 1 aliphatic heterocycles. The summed E-state index contributed by atoms with van der Waals surface area (Å²) in [5.74, 6) is 1.25. The molecule has 0 saturated carbocycles. The number of anilines is 2. The number of carbonyl (C=O) groups is 1. The summed E-state index contributed by atoms with van der Waals surface area (Å²) in [6, 6.07) is 9.46. The van der Waals surface area contributed by atoms with Crippen molar-refractivity contribution < 1.29 is 14.3 Å². The molecule has 1 fully saturated rings. The maximum atomic E-state index is 13.3. The van der Waals surface area contributed by atoms with Gasteiger partial charge in [-0.15, -0.1) is 12.4 Å². The van der Waals surface area contributed by atoms with Crippen molar-refractivity contribution in [3.05, 3.63) is 47.8 Å². The van der Waals surface area contributed by atoms with Crippen LogP contribution in [0.4, 0.5) is 11.4 Å². The molecule has 0 unspecified atom stereocenters. The van der Waals surface area contributed by atoms with Gasteiger partial charge in [0.25, 0.3) is 5.91 Å². The van der Waals surface area contributed by atoms with Crippen molar-refractivity contribution in [2.45, 2.75) is 26.2 Å². The summed E-state index contributed by atoms with van der Waals surface area (Å²) >= 11 is 0. The number of benzene rings is 1. The monoisotopic (exact) mass is 442 g/mol. The van der Waals surface area contributed by atoms with E-state index in [-0.39, 0.29) is 18.3 Å². The fraction of sp³-hybridized carbons (Fsp3) is 0.348. The lowest BCUT2D eigenvalue weighted by molar-refractivity contribution is 0.0725. The number of likely N-dealkylation sites (tertiary alicyclic amines) is 1. The number of methoxy groups -OCH3 is 2. The average molecular weight is 443 g/mol. The number of aryl methyl sites for hydroxylation is 1. The Labute approximate surface area is 188 Å². The molecular weight excluding hydrogens is 416 g/mol. The molecule has 0 atom stereocenters. The number of hydrogen-bond acceptors (Lipinski definition) is 6. The predicted molar refractivity (Wildman–Crippen MR) is 124 cm³/mol. The second-order valence-corrected chi connectivity index (χ2v) is 7.42. The molecule has 0 bridgehead atoms. The number of piperidine rings is 1. The van der Waals surface area contributed by atoms with Gasteiger partial charge in [0.1, 0.15) is 0 Å². The van der Waals surface area contributed by atoms with Crippen LogP contribution in [0.3, 0.4) is 0 Å². The zero-order chi connectivity index (χ0) is 21.1. The van der Waals surface area contributed by atoms with E-state index in [2.05, 4.69) is 15.3 Å². The van der Waals surface area contributed by atoms with E-state index in [0.29, 0.717) is 28.4 Å². The number of fused-ring (bicyclic) bond motifs is 1. The number of amides is 1. The van der Waals surface area contributed by atoms with Gasteiger partial charge >= 0.3 is 0 Å². The molecule has 1 saturated heterocycles. The Hall–Kier alpha value is -3.06. The molecule has 0 aliphatic carbocycles. The SMILES string of the molecule is COc1ccc(Nc2c(C(=O)N3CCCCC3)cnc3nc(C)ccc23)cc1OC.Cl. The molecule has 3 heterocycles. The molecule has 0 radical (unpaired) electrons. The van der Waals surface area contributed by atoms with Crippen LogP contribution >= 0.6 is 12.4 Å². The highest BCUT2D eigenvalue weighted by Gasteiger charge is 2.23. The van der Waals surface area contributed by atoms with Crippen LogP contribution in [0, 0.1) is 6.92 Å². The first-order chi connectivity index (χ1) is 14.6. The number of carbonyl (C=O) groups excluding carboxylic acids is 1. The predicted octanol–water partition coefficient (Wildman–Crippen LogP) is 4.75. The number of aromatic nitrogens is 2. The number of hydrogen-bond donors (Lipinski definition) is 1. The molecule has 31 heavy (non-hydrogen) atoms. The smallest absolute Gasteiger partial charge is 0.257 e. The van der Waals surface area contributed by atoms with Gasteiger partial charge in [-0.05, 0) is 50.5 Å². The van der Waals surface area contributed by atoms with E-state index in [1.54, 1.807) is 20.4 Å². The third-order valence-corrected chi connectivity index (χ3v) is 5.40. The second kappa shape index (κ2) is 9.83. The van der Waals surface area contributed by atoms with E-state index >= 15 is 0 Å². The van der Waals surface area contributed by atoms with Gasteiger partial charge in [0.15, 0.2) is 17.1 Å². The number of rotatable bonds is 5. The van der Waals surface area contributed by atoms with Crippen molar-refractivity contribution >= 4 is 40.7 Å². The topological polar surface area (TPSA) is 76.6 Å². The van der Waals surface area contributed by atoms with Gasteiger partial charge in [0.05, 0.1) is 25.5 Å². The summed E-state index contributed by atoms with van der Waals surface area (Å²) in [5, 5.41) is 4.22. The van der Waals surface area contributed by atoms with Crippen LogP contribution in [-0.2, 0) is 0 Å². The zero-order valence-corrected chi connectivity index (χ0v) is 18.8. The summed E-state index contributed by atoms with van der Waals surface area (Å²) in [5.41, 5.74) is 3.52. The van der Waals surface area contributed by atoms with Gasteiger partial charge in [-0.3, -0.25) is 4.79 Å². The van der Waals surface area contributed by atoms with Crippen molar-refractivity contribution in [3.8, 4) is 11.5 Å². The summed E-state index contributed by atoms with van der Waals surface area (Å²) < 4.78 is 10.8. The van der Waals surface area contributed by atoms with E-state index in [0.717, 1.165) is 42.7 Å². The zero-order valence-electron chi connectivity index (χ0n) is 18.0. The lowest BCUT2D eigenvalue weighted by Gasteiger charge is -2.27. The first-order valence-electron chi connectivity index (χ1n) is 10.2. The Morgan fingerprint density at radius 2 is 1.77 bits per heavy atom. The van der Waals surface area contributed by atoms with Crippen LogP contribution in [0.2, 0.25) is 0 Å². The van der Waals surface area contributed by atoms with Crippen LogP contribution in [0.25, 0.3) is 11.0 Å². The number of nitrogens with zero attached hydrogens (tertiary/aromatic N) is 3. The highest BCUT2D eigenvalue weighted by Crippen LogP contribution is 2.34. The Morgan fingerprint density at radius 3 is 2.48 bits per heavy atom. The minimum absolute atomic E-state index is 0. The van der Waals surface area contributed by atoms with E-state index in [1.807, 2.05) is 42.2 Å². The van der Waals surface area contributed by atoms with Gasteiger partial charge < -0.3 is 19.7 Å². The Bertz CT molecular complexity index is 1080. The minimum atomic E-state index is -0.00680. The fourth-order valence-corrected chi connectivity index (χ4v) is 3.79. The van der Waals surface area contributed by atoms with E-state index < -0.39 is 0 Å². The van der Waals surface area contributed by atoms with Crippen molar-refractivity contribution in [1.29, 1.82) is 0 Å². The standard InChI is InChI=1S/C23H26N4O3.ClH/c1-15-7-9-17-21(26-16-8-10-19(29-2)20(13-16)30-3)18(14-24-22(17)25-15)23(28)27-11-5-4-6-12-27;/h7-10,13-14H,4-6,11-12H2,1-3H3,(H,24,25,26);1H. The molecular formula is C23H27ClN4O3. The van der Waals surface area contributed by atoms with Crippen LogP contribution in [0.5, 0.6) is 11.5 Å². The van der Waals surface area contributed by atoms with Gasteiger partial charge in [-0.25, -0.2) is 9.97 Å². The third kappa shape index (κ3) is 4.66. The van der Waals surface area contributed by atoms with Crippen molar-refractivity contribution in [2.75, 3.05) is 32.6 Å². The number of nitrogens with one attached hydrogen (secondary N) is 1. The molecule has 1 N–H and O–H groups in total. The van der Waals surface area contributed by atoms with Crippen molar-refractivity contribution in [3.63, 3.8) is 0 Å². The Morgan fingerprint density at radius 1 is 1.03 bits per heavy atom. The minimum Gasteiger partial charge on any atom is -0.493 e. The highest BCUT2D eigenvalue weighted by atomic mass is 35.5. The average Bonchev–Trinajstić information content (AvgIpc) is 2.79. The Kier molecular flexibility index (Phi) is 7.17. The molecule has 164 valence electrons. The normalized spacial score (nSPS) is 13.5. The van der Waals surface area contributed by atoms with E-state index in [9.17, 15) is 4.79 Å². The third-order valence-electron chi connectivity index (χ3n) is 5.40. The second-order valence-electron chi connectivity index (χ2n) is 7.42. The molecule has 1 aromatic carbocycles. The van der Waals surface area contributed by atoms with E-state index in [1.165, 1.54) is 6.42 Å². The van der Waals surface area contributed by atoms with Gasteiger partial charge in [-0.1, -0.05) is 0 Å². The molecule has 8 heteroatoms. The van der Waals surface area contributed by atoms with Crippen LogP contribution in [0.15, 0.2) is 36.5 Å². The number of pyridine rings is 2. The molecule has 4 rings (SSSR count).